The molecule has 0 heterocycles. The number of rotatable bonds is 41. The molecular weight excluding hydrogens is 897 g/mol. The Hall–Kier alpha value is -5.59. The van der Waals surface area contributed by atoms with E-state index in [1.807, 2.05) is 48.5 Å². The van der Waals surface area contributed by atoms with Gasteiger partial charge in [0.2, 0.25) is 0 Å². The molecule has 0 saturated carbocycles. The van der Waals surface area contributed by atoms with E-state index >= 15 is 0 Å². The lowest BCUT2D eigenvalue weighted by Crippen LogP contribution is -2.14. The highest BCUT2D eigenvalue weighted by Crippen LogP contribution is 2.27. The van der Waals surface area contributed by atoms with Crippen LogP contribution < -0.4 is 28.4 Å². The Labute approximate surface area is 424 Å². The summed E-state index contributed by atoms with van der Waals surface area (Å²) in [6.45, 7) is 12.3. The maximum absolute atomic E-state index is 12.2. The molecule has 5 aromatic carbocycles. The number of carbonyl (C=O) groups is 1. The van der Waals surface area contributed by atoms with Crippen LogP contribution in [0.5, 0.6) is 34.5 Å². The topological polar surface area (TPSA) is 109 Å². The molecule has 0 N–H and O–H groups in total. The standard InChI is InChI=1S/C60H80O11/c1-4-6-8-10-12-14-32-66-55-24-16-50(17-25-55)52-20-28-57(29-21-52)68-42-38-62-34-36-64-40-44-70-59-46-54(49(3)61)47-60(48-59)71-45-41-65-37-35-63-39-43-69-58-30-22-53(23-31-58)51-18-26-56(27-19-51)67-33-15-13-11-9-7-5-2/h16-31,46-48H,4-15,32-45H2,1-3H3. The molecule has 0 fully saturated rings. The van der Waals surface area contributed by atoms with Gasteiger partial charge in [-0.25, -0.2) is 0 Å². The van der Waals surface area contributed by atoms with E-state index in [1.165, 1.54) is 71.1 Å². The second kappa shape index (κ2) is 35.5. The van der Waals surface area contributed by atoms with Crippen LogP contribution in [0, 0.1) is 0 Å². The Balaban J connectivity index is 0.838. The molecule has 0 amide bonds. The molecule has 71 heavy (non-hydrogen) atoms. The van der Waals surface area contributed by atoms with Crippen LogP contribution in [-0.2, 0) is 18.9 Å². The summed E-state index contributed by atoms with van der Waals surface area (Å²) in [5.41, 5.74) is 5.02. The number of benzene rings is 5. The first-order valence-electron chi connectivity index (χ1n) is 26.2. The maximum atomic E-state index is 12.2. The van der Waals surface area contributed by atoms with Gasteiger partial charge in [0.05, 0.1) is 66.1 Å². The van der Waals surface area contributed by atoms with Crippen molar-refractivity contribution in [2.75, 3.05) is 92.5 Å². The van der Waals surface area contributed by atoms with Crippen molar-refractivity contribution in [2.24, 2.45) is 0 Å². The quantitative estimate of drug-likeness (QED) is 0.0276. The van der Waals surface area contributed by atoms with Gasteiger partial charge in [0.15, 0.2) is 5.78 Å². The first-order chi connectivity index (χ1) is 35.0. The minimum absolute atomic E-state index is 0.0831. The van der Waals surface area contributed by atoms with Gasteiger partial charge in [-0.15, -0.1) is 0 Å². The van der Waals surface area contributed by atoms with Crippen LogP contribution in [0.1, 0.15) is 108 Å². The average molecular weight is 977 g/mol. The monoisotopic (exact) mass is 977 g/mol. The number of carbonyl (C=O) groups excluding carboxylic acids is 1. The van der Waals surface area contributed by atoms with E-state index in [-0.39, 0.29) is 5.78 Å². The minimum Gasteiger partial charge on any atom is -0.494 e. The second-order valence-corrected chi connectivity index (χ2v) is 17.4. The molecule has 11 nitrogen and oxygen atoms in total. The van der Waals surface area contributed by atoms with Crippen molar-refractivity contribution in [3.63, 3.8) is 0 Å². The number of hydrogen-bond acceptors (Lipinski definition) is 11. The van der Waals surface area contributed by atoms with Crippen molar-refractivity contribution in [2.45, 2.75) is 97.8 Å². The fraction of sp³-hybridized carbons (Fsp3) is 0.483. The normalized spacial score (nSPS) is 11.1. The lowest BCUT2D eigenvalue weighted by Gasteiger charge is -2.12. The number of ketones is 1. The molecule has 0 radical (unpaired) electrons. The zero-order valence-corrected chi connectivity index (χ0v) is 42.8. The SMILES string of the molecule is CCCCCCCCOc1ccc(-c2ccc(OCCOCCOCCOc3cc(OCCOCCOCCOc4ccc(-c5ccc(OCCCCCCCC)cc5)cc4)cc(C(C)=O)c3)cc2)cc1. The zero-order valence-electron chi connectivity index (χ0n) is 42.8. The maximum Gasteiger partial charge on any atom is 0.160 e. The summed E-state index contributed by atoms with van der Waals surface area (Å²) < 4.78 is 58.1. The lowest BCUT2D eigenvalue weighted by atomic mass is 10.1. The van der Waals surface area contributed by atoms with Crippen LogP contribution in [0.3, 0.4) is 0 Å². The Kier molecular flexibility index (Phi) is 28.2. The van der Waals surface area contributed by atoms with E-state index in [1.54, 1.807) is 18.2 Å². The first-order valence-corrected chi connectivity index (χ1v) is 26.2. The van der Waals surface area contributed by atoms with Crippen LogP contribution in [0.2, 0.25) is 0 Å². The second-order valence-electron chi connectivity index (χ2n) is 17.4. The van der Waals surface area contributed by atoms with Gasteiger partial charge in [0.1, 0.15) is 60.9 Å². The predicted octanol–water partition coefficient (Wildman–Crippen LogP) is 13.7. The molecule has 0 aliphatic carbocycles. The molecule has 0 spiro atoms. The Morgan fingerprint density at radius 2 is 0.549 bits per heavy atom. The third-order valence-electron chi connectivity index (χ3n) is 11.6. The van der Waals surface area contributed by atoms with Gasteiger partial charge >= 0.3 is 0 Å². The van der Waals surface area contributed by atoms with Crippen LogP contribution in [-0.4, -0.2) is 98.3 Å². The number of Topliss-reactive ketones (excluding diaryl/α,β-unsaturated/α-hetero) is 1. The average Bonchev–Trinajstić information content (AvgIpc) is 3.40. The van der Waals surface area contributed by atoms with E-state index in [0.29, 0.717) is 96.3 Å². The van der Waals surface area contributed by atoms with Gasteiger partial charge < -0.3 is 47.4 Å². The summed E-state index contributed by atoms with van der Waals surface area (Å²) in [7, 11) is 0. The fourth-order valence-corrected chi connectivity index (χ4v) is 7.58. The number of unbranched alkanes of at least 4 members (excludes halogenated alkanes) is 10. The smallest absolute Gasteiger partial charge is 0.160 e. The third kappa shape index (κ3) is 23.9. The van der Waals surface area contributed by atoms with E-state index in [4.69, 9.17) is 47.4 Å². The highest BCUT2D eigenvalue weighted by Gasteiger charge is 2.09. The van der Waals surface area contributed by atoms with Crippen molar-refractivity contribution >= 4 is 5.78 Å². The molecule has 0 aromatic heterocycles. The molecule has 5 rings (SSSR count). The summed E-state index contributed by atoms with van der Waals surface area (Å²) in [6, 6.07) is 37.9. The van der Waals surface area contributed by atoms with Gasteiger partial charge in [-0.2, -0.15) is 0 Å². The van der Waals surface area contributed by atoms with Gasteiger partial charge in [-0.1, -0.05) is 127 Å². The Morgan fingerprint density at radius 3 is 0.845 bits per heavy atom. The molecule has 5 aromatic rings. The molecule has 0 unspecified atom stereocenters. The van der Waals surface area contributed by atoms with E-state index in [0.717, 1.165) is 71.3 Å². The molecule has 0 atom stereocenters. The van der Waals surface area contributed by atoms with Crippen LogP contribution in [0.15, 0.2) is 115 Å². The van der Waals surface area contributed by atoms with Gasteiger partial charge in [0.25, 0.3) is 0 Å². The Bertz CT molecular complexity index is 1980. The van der Waals surface area contributed by atoms with Crippen molar-refractivity contribution in [1.82, 2.24) is 0 Å². The molecule has 11 heteroatoms. The van der Waals surface area contributed by atoms with Gasteiger partial charge in [-0.05, 0) is 103 Å². The predicted molar refractivity (Wildman–Crippen MR) is 283 cm³/mol. The largest absolute Gasteiger partial charge is 0.494 e. The zero-order chi connectivity index (χ0) is 49.8. The Morgan fingerprint density at radius 1 is 0.296 bits per heavy atom. The van der Waals surface area contributed by atoms with Crippen molar-refractivity contribution in [1.29, 1.82) is 0 Å². The summed E-state index contributed by atoms with van der Waals surface area (Å²) >= 11 is 0. The van der Waals surface area contributed by atoms with E-state index < -0.39 is 0 Å². The first kappa shape index (κ1) is 56.3. The van der Waals surface area contributed by atoms with Crippen LogP contribution in [0.4, 0.5) is 0 Å². The van der Waals surface area contributed by atoms with Crippen LogP contribution >= 0.6 is 0 Å². The fourth-order valence-electron chi connectivity index (χ4n) is 7.58. The number of hydrogen-bond donors (Lipinski definition) is 0. The minimum atomic E-state index is -0.0831. The summed E-state index contributed by atoms with van der Waals surface area (Å²) in [5.74, 6) is 4.38. The van der Waals surface area contributed by atoms with E-state index in [2.05, 4.69) is 62.4 Å². The van der Waals surface area contributed by atoms with Gasteiger partial charge in [0, 0.05) is 11.6 Å². The molecule has 0 aliphatic heterocycles. The van der Waals surface area contributed by atoms with Crippen LogP contribution in [0.25, 0.3) is 22.3 Å². The summed E-state index contributed by atoms with van der Waals surface area (Å²) in [6.07, 6.45) is 15.1. The summed E-state index contributed by atoms with van der Waals surface area (Å²) in [4.78, 5) is 12.2. The molecule has 0 saturated heterocycles. The molecular formula is C60H80O11. The molecule has 0 bridgehead atoms. The summed E-state index contributed by atoms with van der Waals surface area (Å²) in [5, 5.41) is 0. The molecule has 0 aliphatic rings. The lowest BCUT2D eigenvalue weighted by molar-refractivity contribution is 0.0267. The highest BCUT2D eigenvalue weighted by atomic mass is 16.6. The third-order valence-corrected chi connectivity index (χ3v) is 11.6. The van der Waals surface area contributed by atoms with Gasteiger partial charge in [-0.3, -0.25) is 4.79 Å². The van der Waals surface area contributed by atoms with E-state index in [9.17, 15) is 4.79 Å². The van der Waals surface area contributed by atoms with Crippen molar-refractivity contribution < 1.29 is 52.2 Å². The number of ether oxygens (including phenoxy) is 10. The van der Waals surface area contributed by atoms with Crippen molar-refractivity contribution in [3.8, 4) is 56.8 Å². The molecule has 386 valence electrons. The van der Waals surface area contributed by atoms with Crippen molar-refractivity contribution in [3.05, 3.63) is 121 Å². The highest BCUT2D eigenvalue weighted by molar-refractivity contribution is 5.94.